The molecular formula is C40H48N4O10S2. The van der Waals surface area contributed by atoms with Crippen LogP contribution in [-0.4, -0.2) is 101 Å². The predicted molar refractivity (Wildman–Crippen MR) is 206 cm³/mol. The van der Waals surface area contributed by atoms with Crippen LogP contribution in [0.4, 0.5) is 0 Å². The number of sulfonamides is 2. The fourth-order valence-electron chi connectivity index (χ4n) is 7.28. The molecule has 0 radical (unpaired) electrons. The van der Waals surface area contributed by atoms with Crippen LogP contribution in [0.15, 0.2) is 95.2 Å². The Hall–Kier alpha value is -4.32. The van der Waals surface area contributed by atoms with Gasteiger partial charge in [0.15, 0.2) is 23.0 Å². The van der Waals surface area contributed by atoms with Crippen molar-refractivity contribution in [2.75, 3.05) is 65.9 Å². The molecule has 2 aromatic carbocycles. The molecule has 7 rings (SSSR count). The van der Waals surface area contributed by atoms with Crippen LogP contribution in [-0.2, 0) is 29.5 Å². The van der Waals surface area contributed by atoms with Crippen molar-refractivity contribution >= 4 is 20.0 Å². The molecule has 0 saturated carbocycles. The van der Waals surface area contributed by atoms with Gasteiger partial charge in [-0.25, -0.2) is 16.8 Å². The monoisotopic (exact) mass is 808 g/mol. The molecule has 2 atom stereocenters. The highest BCUT2D eigenvalue weighted by atomic mass is 32.2. The number of piperidine rings is 2. The molecule has 0 aliphatic carbocycles. The summed E-state index contributed by atoms with van der Waals surface area (Å²) in [5.41, 5.74) is 1.72. The molecule has 300 valence electrons. The van der Waals surface area contributed by atoms with E-state index in [-0.39, 0.29) is 86.2 Å². The molecular weight excluding hydrogens is 761 g/mol. The van der Waals surface area contributed by atoms with E-state index in [0.29, 0.717) is 37.4 Å². The number of pyridine rings is 2. The Balaban J connectivity index is 1.03. The zero-order valence-corrected chi connectivity index (χ0v) is 32.9. The minimum Gasteiger partial charge on any atom is -0.487 e. The average Bonchev–Trinajstić information content (AvgIpc) is 3.23. The van der Waals surface area contributed by atoms with Crippen molar-refractivity contribution in [3.63, 3.8) is 0 Å². The van der Waals surface area contributed by atoms with E-state index in [0.717, 1.165) is 36.8 Å². The second-order valence-electron chi connectivity index (χ2n) is 13.7. The van der Waals surface area contributed by atoms with Crippen molar-refractivity contribution in [3.05, 3.63) is 96.6 Å². The van der Waals surface area contributed by atoms with E-state index < -0.39 is 20.0 Å². The van der Waals surface area contributed by atoms with Crippen molar-refractivity contribution in [1.82, 2.24) is 18.6 Å². The van der Waals surface area contributed by atoms with Gasteiger partial charge in [0.05, 0.1) is 48.3 Å². The summed E-state index contributed by atoms with van der Waals surface area (Å²) in [6.45, 7) is 2.14. The molecule has 0 amide bonds. The van der Waals surface area contributed by atoms with Crippen molar-refractivity contribution in [2.45, 2.75) is 60.4 Å². The zero-order valence-electron chi connectivity index (χ0n) is 31.2. The molecule has 3 aliphatic rings. The van der Waals surface area contributed by atoms with Crippen LogP contribution >= 0.6 is 0 Å². The van der Waals surface area contributed by atoms with Crippen molar-refractivity contribution in [1.29, 1.82) is 0 Å². The van der Waals surface area contributed by atoms with E-state index >= 15 is 0 Å². The fourth-order valence-corrected chi connectivity index (χ4v) is 10.7. The minimum atomic E-state index is -3.89. The van der Waals surface area contributed by atoms with Gasteiger partial charge in [0.2, 0.25) is 20.0 Å². The summed E-state index contributed by atoms with van der Waals surface area (Å²) in [6, 6.07) is 16.1. The third kappa shape index (κ3) is 9.44. The van der Waals surface area contributed by atoms with Crippen molar-refractivity contribution in [3.8, 4) is 23.0 Å². The highest BCUT2D eigenvalue weighted by Gasteiger charge is 2.36. The number of rotatable bonds is 6. The van der Waals surface area contributed by atoms with Crippen LogP contribution < -0.4 is 18.9 Å². The molecule has 0 spiro atoms. The largest absolute Gasteiger partial charge is 0.487 e. The molecule has 0 unspecified atom stereocenters. The van der Waals surface area contributed by atoms with E-state index in [1.807, 2.05) is 24.3 Å². The Kier molecular flexibility index (Phi) is 13.4. The summed E-state index contributed by atoms with van der Waals surface area (Å²) in [5.74, 6) is 1.30. The molecule has 2 saturated heterocycles. The first-order chi connectivity index (χ1) is 27.3. The van der Waals surface area contributed by atoms with Crippen LogP contribution in [0.1, 0.15) is 61.7 Å². The van der Waals surface area contributed by atoms with Crippen LogP contribution in [0.5, 0.6) is 23.0 Å². The van der Waals surface area contributed by atoms with E-state index in [1.54, 1.807) is 57.7 Å². The summed E-state index contributed by atoms with van der Waals surface area (Å²) < 4.78 is 95.0. The summed E-state index contributed by atoms with van der Waals surface area (Å²) in [7, 11) is -7.78. The summed E-state index contributed by atoms with van der Waals surface area (Å²) >= 11 is 0. The van der Waals surface area contributed by atoms with Crippen molar-refractivity contribution in [2.24, 2.45) is 0 Å². The van der Waals surface area contributed by atoms with Crippen LogP contribution in [0.25, 0.3) is 0 Å². The topological polar surface area (TPSA) is 156 Å². The van der Waals surface area contributed by atoms with Crippen molar-refractivity contribution < 1.29 is 45.3 Å². The Morgan fingerprint density at radius 1 is 0.500 bits per heavy atom. The SMILES string of the molecule is O=S(=O)(c1ccc2c(c1)OCCOCCOc1cc(S(=O)(=O)N3CCCC[C@H]3c3cccnc3)ccc1OCCOCCO2)N1CCCC[C@H]1c1cccnc1. The Bertz CT molecular complexity index is 1960. The number of nitrogens with zero attached hydrogens (tertiary/aromatic N) is 4. The molecule has 5 heterocycles. The maximum absolute atomic E-state index is 14.1. The lowest BCUT2D eigenvalue weighted by Crippen LogP contribution is -2.38. The number of fused-ring (bicyclic) bond motifs is 2. The first kappa shape index (κ1) is 39.9. The van der Waals surface area contributed by atoms with E-state index in [4.69, 9.17) is 28.4 Å². The molecule has 0 N–H and O–H groups in total. The molecule has 2 aromatic heterocycles. The number of ether oxygens (including phenoxy) is 6. The van der Waals surface area contributed by atoms with Crippen LogP contribution in [0, 0.1) is 0 Å². The Morgan fingerprint density at radius 3 is 1.30 bits per heavy atom. The van der Waals surface area contributed by atoms with Gasteiger partial charge in [0.1, 0.15) is 26.4 Å². The smallest absolute Gasteiger partial charge is 0.243 e. The van der Waals surface area contributed by atoms with Gasteiger partial charge in [0, 0.05) is 50.0 Å². The average molecular weight is 809 g/mol. The molecule has 56 heavy (non-hydrogen) atoms. The maximum Gasteiger partial charge on any atom is 0.243 e. The highest BCUT2D eigenvalue weighted by Crippen LogP contribution is 2.39. The Labute approximate surface area is 328 Å². The molecule has 4 aromatic rings. The second-order valence-corrected chi connectivity index (χ2v) is 17.4. The molecule has 0 bridgehead atoms. The number of hydrogen-bond acceptors (Lipinski definition) is 12. The molecule has 3 aliphatic heterocycles. The van der Waals surface area contributed by atoms with E-state index in [9.17, 15) is 16.8 Å². The quantitative estimate of drug-likeness (QED) is 0.239. The lowest BCUT2D eigenvalue weighted by Gasteiger charge is -2.35. The van der Waals surface area contributed by atoms with E-state index in [2.05, 4.69) is 9.97 Å². The molecule has 16 heteroatoms. The van der Waals surface area contributed by atoms with E-state index in [1.165, 1.54) is 12.1 Å². The first-order valence-corrected chi connectivity index (χ1v) is 22.0. The minimum absolute atomic E-state index is 0.105. The number of hydrogen-bond donors (Lipinski definition) is 0. The third-order valence-corrected chi connectivity index (χ3v) is 13.8. The summed E-state index contributed by atoms with van der Waals surface area (Å²) in [4.78, 5) is 8.65. The molecule has 2 fully saturated rings. The van der Waals surface area contributed by atoms with Gasteiger partial charge in [-0.3, -0.25) is 9.97 Å². The highest BCUT2D eigenvalue weighted by molar-refractivity contribution is 7.89. The first-order valence-electron chi connectivity index (χ1n) is 19.1. The van der Waals surface area contributed by atoms with Gasteiger partial charge in [0.25, 0.3) is 0 Å². The summed E-state index contributed by atoms with van der Waals surface area (Å²) in [6.07, 6.45) is 11.6. The van der Waals surface area contributed by atoms with Gasteiger partial charge < -0.3 is 28.4 Å². The van der Waals surface area contributed by atoms with Gasteiger partial charge >= 0.3 is 0 Å². The van der Waals surface area contributed by atoms with Gasteiger partial charge in [-0.2, -0.15) is 8.61 Å². The van der Waals surface area contributed by atoms with Crippen LogP contribution in [0.2, 0.25) is 0 Å². The standard InChI is InChI=1S/C40H48N4O10S2/c45-55(46,43-17-3-1-9-35(43)31-7-5-15-41-29-31)33-11-13-37-39(27-33)53-25-21-50-22-26-54-40-28-34(12-14-38(40)52-24-20-49-19-23-51-37)56(47,48)44-18-4-2-10-36(44)32-8-6-16-42-30-32/h5-8,11-16,27-30,35-36H,1-4,9-10,17-26H2/t35-,36-/m0/s1. The zero-order chi connectivity index (χ0) is 38.8. The second kappa shape index (κ2) is 18.7. The number of aromatic nitrogens is 2. The normalized spacial score (nSPS) is 21.4. The Morgan fingerprint density at radius 2 is 0.911 bits per heavy atom. The lowest BCUT2D eigenvalue weighted by molar-refractivity contribution is 0.0639. The maximum atomic E-state index is 14.1. The number of benzene rings is 2. The lowest BCUT2D eigenvalue weighted by atomic mass is 9.99. The fraction of sp³-hybridized carbons (Fsp3) is 0.450. The third-order valence-electron chi connectivity index (χ3n) is 10.0. The predicted octanol–water partition coefficient (Wildman–Crippen LogP) is 5.57. The van der Waals surface area contributed by atoms with Crippen LogP contribution in [0.3, 0.4) is 0 Å². The summed E-state index contributed by atoms with van der Waals surface area (Å²) in [5, 5.41) is 0. The van der Waals surface area contributed by atoms with Gasteiger partial charge in [-0.1, -0.05) is 25.0 Å². The molecule has 14 nitrogen and oxygen atoms in total. The van der Waals surface area contributed by atoms with Gasteiger partial charge in [-0.05, 0) is 73.2 Å². The van der Waals surface area contributed by atoms with Gasteiger partial charge in [-0.15, -0.1) is 0 Å².